The Morgan fingerprint density at radius 1 is 0.839 bits per heavy atom. The summed E-state index contributed by atoms with van der Waals surface area (Å²) in [4.78, 5) is 28.7. The Morgan fingerprint density at radius 2 is 1.19 bits per heavy atom. The van der Waals surface area contributed by atoms with Crippen molar-refractivity contribution >= 4 is 7.60 Å². The quantitative estimate of drug-likeness (QED) is 0.322. The molecule has 2 rings (SSSR count). The van der Waals surface area contributed by atoms with Crippen molar-refractivity contribution in [2.24, 2.45) is 0 Å². The zero-order valence-corrected chi connectivity index (χ0v) is 20.3. The molecule has 0 amide bonds. The van der Waals surface area contributed by atoms with Gasteiger partial charge in [-0.2, -0.15) is 0 Å². The molecule has 1 saturated heterocycles. The Balaban J connectivity index is 0.00000450. The number of hydrogen-bond acceptors (Lipinski definition) is 8. The van der Waals surface area contributed by atoms with Gasteiger partial charge in [-0.05, 0) is 25.0 Å². The van der Waals surface area contributed by atoms with Gasteiger partial charge >= 0.3 is 17.1 Å². The van der Waals surface area contributed by atoms with Crippen LogP contribution in [0.2, 0.25) is 0 Å². The summed E-state index contributed by atoms with van der Waals surface area (Å²) in [7, 11) is -4.55. The third kappa shape index (κ3) is 13.1. The van der Waals surface area contributed by atoms with Gasteiger partial charge in [0.25, 0.3) is 0 Å². The van der Waals surface area contributed by atoms with E-state index in [2.05, 4.69) is 14.7 Å². The Bertz CT molecular complexity index is 637. The predicted molar refractivity (Wildman–Crippen MR) is 113 cm³/mol. The number of aliphatic hydroxyl groups excluding tert-OH is 2. The van der Waals surface area contributed by atoms with E-state index in [-0.39, 0.29) is 34.8 Å². The van der Waals surface area contributed by atoms with Crippen molar-refractivity contribution in [1.82, 2.24) is 14.7 Å². The smallest absolute Gasteiger partial charge is 0.810 e. The van der Waals surface area contributed by atoms with Crippen LogP contribution in [0.3, 0.4) is 0 Å². The maximum atomic E-state index is 10.9. The van der Waals surface area contributed by atoms with Crippen LogP contribution in [0.1, 0.15) is 25.0 Å². The van der Waals surface area contributed by atoms with Crippen molar-refractivity contribution in [2.75, 3.05) is 52.4 Å². The summed E-state index contributed by atoms with van der Waals surface area (Å²) in [6.07, 6.45) is -1.24. The van der Waals surface area contributed by atoms with Crippen molar-refractivity contribution in [3.8, 4) is 0 Å². The zero-order valence-electron chi connectivity index (χ0n) is 18.3. The van der Waals surface area contributed by atoms with E-state index < -0.39 is 13.8 Å². The first-order valence-corrected chi connectivity index (χ1v) is 12.0. The van der Waals surface area contributed by atoms with Gasteiger partial charge in [0.1, 0.15) is 0 Å². The van der Waals surface area contributed by atoms with Crippen LogP contribution in [-0.2, 0) is 34.3 Å². The van der Waals surface area contributed by atoms with Gasteiger partial charge in [-0.1, -0.05) is 31.9 Å². The third-order valence-corrected chi connectivity index (χ3v) is 5.80. The van der Waals surface area contributed by atoms with Crippen molar-refractivity contribution in [3.05, 3.63) is 35.4 Å². The maximum absolute atomic E-state index is 10.9. The van der Waals surface area contributed by atoms with E-state index in [0.29, 0.717) is 18.7 Å². The predicted octanol–water partition coefficient (Wildman–Crippen LogP) is -1.55. The normalized spacial score (nSPS) is 19.3. The molecular weight excluding hydrogens is 465 g/mol. The minimum atomic E-state index is -4.55. The van der Waals surface area contributed by atoms with Crippen LogP contribution in [-0.4, -0.2) is 95.0 Å². The van der Waals surface area contributed by atoms with Crippen LogP contribution < -0.4 is 9.79 Å². The van der Waals surface area contributed by atoms with Gasteiger partial charge in [-0.15, -0.1) is 0 Å². The fourth-order valence-electron chi connectivity index (χ4n) is 3.69. The van der Waals surface area contributed by atoms with Gasteiger partial charge in [-0.25, -0.2) is 0 Å². The van der Waals surface area contributed by atoms with E-state index in [1.165, 1.54) is 0 Å². The summed E-state index contributed by atoms with van der Waals surface area (Å²) >= 11 is 0. The molecule has 0 spiro atoms. The standard InChI is InChI=1S/C20H36N3O5P.Fe.H2O/c1-17(24)13-21-7-8-22(14-18(2)25)10-12-23(11-9-21)15-19-3-5-20(6-4-19)16-29(26,27)28;;/h3-6,17-18,24-25H,7-16H2,1-2H3,(H2,26,27,28);;1H2/q;+3;/p-2/t17-,18-;;/m0../s1. The molecule has 11 heteroatoms. The zero-order chi connectivity index (χ0) is 21.4. The second kappa shape index (κ2) is 14.7. The van der Waals surface area contributed by atoms with E-state index in [0.717, 1.165) is 51.4 Å². The molecule has 0 aliphatic carbocycles. The first-order valence-electron chi connectivity index (χ1n) is 10.2. The summed E-state index contributed by atoms with van der Waals surface area (Å²) in [5, 5.41) is 19.6. The largest absolute Gasteiger partial charge is 3.00 e. The molecular formula is C20H36FeN3O6P+. The van der Waals surface area contributed by atoms with Gasteiger partial charge in [0.2, 0.25) is 0 Å². The molecule has 1 aromatic rings. The second-order valence-corrected chi connectivity index (χ2v) is 9.70. The first-order chi connectivity index (χ1) is 13.6. The van der Waals surface area contributed by atoms with Crippen LogP contribution in [0, 0.1) is 0 Å². The number of β-amino-alcohol motifs (C(OH)–C–C–N with tert-alkyl or cyclic N) is 2. The van der Waals surface area contributed by atoms with Crippen molar-refractivity contribution in [2.45, 2.75) is 38.8 Å². The van der Waals surface area contributed by atoms with Crippen LogP contribution in [0.5, 0.6) is 0 Å². The molecule has 0 bridgehead atoms. The third-order valence-electron chi connectivity index (χ3n) is 5.05. The SMILES string of the molecule is C[C@H](O)CN1CCN(Cc2ccc(CP(=O)([O-])[O-])cc2)CCN(C[C@H](C)O)CC1.O.[Fe+3]. The molecule has 1 aromatic carbocycles. The number of hydrogen-bond donors (Lipinski definition) is 2. The molecule has 0 saturated carbocycles. The molecule has 0 unspecified atom stereocenters. The Labute approximate surface area is 196 Å². The number of benzene rings is 1. The topological polar surface area (TPSA) is 145 Å². The van der Waals surface area contributed by atoms with E-state index in [1.807, 2.05) is 12.1 Å². The molecule has 31 heavy (non-hydrogen) atoms. The van der Waals surface area contributed by atoms with Gasteiger partial charge in [0.15, 0.2) is 0 Å². The molecule has 4 N–H and O–H groups in total. The Kier molecular flexibility index (Phi) is 14.6. The molecule has 2 atom stereocenters. The van der Waals surface area contributed by atoms with Crippen LogP contribution >= 0.6 is 7.60 Å². The molecule has 179 valence electrons. The van der Waals surface area contributed by atoms with Crippen molar-refractivity contribution < 1.29 is 47.1 Å². The van der Waals surface area contributed by atoms with E-state index in [1.54, 1.807) is 26.0 Å². The summed E-state index contributed by atoms with van der Waals surface area (Å²) in [6, 6.07) is 7.15. The minimum absolute atomic E-state index is 0. The Hall–Kier alpha value is -0.351. The molecule has 1 radical (unpaired) electrons. The first kappa shape index (κ1) is 30.6. The van der Waals surface area contributed by atoms with Crippen molar-refractivity contribution in [1.29, 1.82) is 0 Å². The van der Waals surface area contributed by atoms with E-state index in [4.69, 9.17) is 0 Å². The van der Waals surface area contributed by atoms with Gasteiger partial charge in [0.05, 0.1) is 12.2 Å². The van der Waals surface area contributed by atoms with Crippen LogP contribution in [0.15, 0.2) is 24.3 Å². The fraction of sp³-hybridized carbons (Fsp3) is 0.700. The molecule has 1 aliphatic rings. The number of nitrogens with zero attached hydrogens (tertiary/aromatic N) is 3. The minimum Gasteiger partial charge on any atom is -0.810 e. The second-order valence-electron chi connectivity index (χ2n) is 8.16. The van der Waals surface area contributed by atoms with Gasteiger partial charge < -0.3 is 30.0 Å². The molecule has 9 nitrogen and oxygen atoms in total. The summed E-state index contributed by atoms with van der Waals surface area (Å²) in [6.45, 7) is 10.7. The van der Waals surface area contributed by atoms with E-state index in [9.17, 15) is 24.6 Å². The molecule has 1 heterocycles. The van der Waals surface area contributed by atoms with Crippen LogP contribution in [0.4, 0.5) is 0 Å². The fourth-order valence-corrected chi connectivity index (χ4v) is 4.34. The average molecular weight is 501 g/mol. The summed E-state index contributed by atoms with van der Waals surface area (Å²) in [5.41, 5.74) is 1.57. The number of rotatable bonds is 8. The Morgan fingerprint density at radius 3 is 1.55 bits per heavy atom. The maximum Gasteiger partial charge on any atom is 3.00 e. The summed E-state index contributed by atoms with van der Waals surface area (Å²) in [5.74, 6) is 0. The molecule has 1 fully saturated rings. The monoisotopic (exact) mass is 501 g/mol. The van der Waals surface area contributed by atoms with Crippen LogP contribution in [0.25, 0.3) is 0 Å². The number of aliphatic hydroxyl groups is 2. The van der Waals surface area contributed by atoms with Crippen molar-refractivity contribution in [3.63, 3.8) is 0 Å². The van der Waals surface area contributed by atoms with E-state index >= 15 is 0 Å². The molecule has 1 aliphatic heterocycles. The van der Waals surface area contributed by atoms with Gasteiger partial charge in [0, 0.05) is 65.1 Å². The average Bonchev–Trinajstić information content (AvgIpc) is 2.67. The summed E-state index contributed by atoms with van der Waals surface area (Å²) < 4.78 is 10.9. The molecule has 0 aromatic heterocycles. The van der Waals surface area contributed by atoms with Gasteiger partial charge in [-0.3, -0.25) is 14.7 Å².